The fourth-order valence-electron chi connectivity index (χ4n) is 2.84. The highest BCUT2D eigenvalue weighted by molar-refractivity contribution is 4.94. The molecule has 2 aliphatic rings. The quantitative estimate of drug-likeness (QED) is 0.789. The zero-order valence-corrected chi connectivity index (χ0v) is 11.4. The van der Waals surface area contributed by atoms with Crippen LogP contribution in [0, 0.1) is 11.8 Å². The van der Waals surface area contributed by atoms with Crippen LogP contribution in [0.2, 0.25) is 0 Å². The van der Waals surface area contributed by atoms with Crippen molar-refractivity contribution in [2.45, 2.75) is 58.5 Å². The molecule has 0 aromatic heterocycles. The third kappa shape index (κ3) is 3.46. The van der Waals surface area contributed by atoms with Crippen molar-refractivity contribution in [1.29, 1.82) is 0 Å². The summed E-state index contributed by atoms with van der Waals surface area (Å²) < 4.78 is 0. The van der Waals surface area contributed by atoms with E-state index in [9.17, 15) is 0 Å². The van der Waals surface area contributed by atoms with Crippen LogP contribution in [0.15, 0.2) is 0 Å². The predicted molar refractivity (Wildman–Crippen MR) is 69.6 cm³/mol. The fraction of sp³-hybridized carbons (Fsp3) is 1.00. The topological polar surface area (TPSA) is 15.3 Å². The van der Waals surface area contributed by atoms with Gasteiger partial charge in [0, 0.05) is 31.2 Å². The summed E-state index contributed by atoms with van der Waals surface area (Å²) in [5, 5.41) is 3.70. The molecule has 1 heterocycles. The molecule has 1 atom stereocenters. The molecule has 1 aliphatic heterocycles. The molecule has 16 heavy (non-hydrogen) atoms. The van der Waals surface area contributed by atoms with Crippen LogP contribution in [0.25, 0.3) is 0 Å². The fourth-order valence-corrected chi connectivity index (χ4v) is 2.84. The summed E-state index contributed by atoms with van der Waals surface area (Å²) in [6.45, 7) is 13.1. The predicted octanol–water partition coefficient (Wildman–Crippen LogP) is 2.49. The van der Waals surface area contributed by atoms with E-state index in [0.29, 0.717) is 5.54 Å². The summed E-state index contributed by atoms with van der Waals surface area (Å²) >= 11 is 0. The summed E-state index contributed by atoms with van der Waals surface area (Å²) in [4.78, 5) is 2.76. The summed E-state index contributed by atoms with van der Waals surface area (Å²) in [6.07, 6.45) is 4.29. The molecule has 0 amide bonds. The molecule has 1 saturated heterocycles. The first-order valence-corrected chi connectivity index (χ1v) is 6.95. The molecule has 2 nitrogen and oxygen atoms in total. The van der Waals surface area contributed by atoms with Crippen LogP contribution in [0.5, 0.6) is 0 Å². The van der Waals surface area contributed by atoms with Gasteiger partial charge in [-0.25, -0.2) is 0 Å². The number of hydrogen-bond acceptors (Lipinski definition) is 2. The van der Waals surface area contributed by atoms with Crippen LogP contribution >= 0.6 is 0 Å². The molecule has 2 rings (SSSR count). The highest BCUT2D eigenvalue weighted by Crippen LogP contribution is 2.32. The molecule has 0 aromatic rings. The van der Waals surface area contributed by atoms with Gasteiger partial charge >= 0.3 is 0 Å². The van der Waals surface area contributed by atoms with Gasteiger partial charge in [0.1, 0.15) is 0 Å². The van der Waals surface area contributed by atoms with Crippen molar-refractivity contribution < 1.29 is 0 Å². The van der Waals surface area contributed by atoms with Crippen molar-refractivity contribution in [3.8, 4) is 0 Å². The van der Waals surface area contributed by atoms with Crippen molar-refractivity contribution in [3.05, 3.63) is 0 Å². The molecular weight excluding hydrogens is 196 g/mol. The number of nitrogens with one attached hydrogen (secondary N) is 1. The van der Waals surface area contributed by atoms with E-state index in [0.717, 1.165) is 17.9 Å². The summed E-state index contributed by atoms with van der Waals surface area (Å²) in [6, 6.07) is 0.772. The van der Waals surface area contributed by atoms with Crippen molar-refractivity contribution in [2.75, 3.05) is 19.6 Å². The van der Waals surface area contributed by atoms with Gasteiger partial charge < -0.3 is 5.32 Å². The average molecular weight is 224 g/mol. The first-order chi connectivity index (χ1) is 7.46. The number of nitrogens with zero attached hydrogens (tertiary/aromatic N) is 1. The van der Waals surface area contributed by atoms with Gasteiger partial charge in [-0.3, -0.25) is 4.90 Å². The Hall–Kier alpha value is -0.0800. The standard InChI is InChI=1S/C14H28N2/c1-11(2)7-13-8-15-14(3,4)10-16(13)9-12-5-6-12/h11-13,15H,5-10H2,1-4H3. The van der Waals surface area contributed by atoms with Gasteiger partial charge in [-0.1, -0.05) is 13.8 Å². The van der Waals surface area contributed by atoms with Crippen molar-refractivity contribution in [1.82, 2.24) is 10.2 Å². The molecular formula is C14H28N2. The van der Waals surface area contributed by atoms with E-state index in [-0.39, 0.29) is 0 Å². The Morgan fingerprint density at radius 1 is 1.31 bits per heavy atom. The normalized spacial score (nSPS) is 30.9. The maximum absolute atomic E-state index is 3.70. The first kappa shape index (κ1) is 12.4. The van der Waals surface area contributed by atoms with Gasteiger partial charge in [0.05, 0.1) is 0 Å². The van der Waals surface area contributed by atoms with E-state index in [2.05, 4.69) is 37.9 Å². The second-order valence-corrected chi connectivity index (χ2v) is 6.92. The van der Waals surface area contributed by atoms with E-state index in [1.807, 2.05) is 0 Å². The van der Waals surface area contributed by atoms with Crippen molar-refractivity contribution in [2.24, 2.45) is 11.8 Å². The highest BCUT2D eigenvalue weighted by Gasteiger charge is 2.35. The van der Waals surface area contributed by atoms with Crippen molar-refractivity contribution in [3.63, 3.8) is 0 Å². The molecule has 1 saturated carbocycles. The Balaban J connectivity index is 1.93. The molecule has 0 radical (unpaired) electrons. The van der Waals surface area contributed by atoms with Crippen LogP contribution < -0.4 is 5.32 Å². The van der Waals surface area contributed by atoms with Gasteiger partial charge in [-0.2, -0.15) is 0 Å². The van der Waals surface area contributed by atoms with E-state index >= 15 is 0 Å². The third-order valence-electron chi connectivity index (χ3n) is 3.86. The molecule has 0 spiro atoms. The third-order valence-corrected chi connectivity index (χ3v) is 3.86. The molecule has 0 bridgehead atoms. The smallest absolute Gasteiger partial charge is 0.0252 e. The Morgan fingerprint density at radius 2 is 2.00 bits per heavy atom. The van der Waals surface area contributed by atoms with Gasteiger partial charge in [0.15, 0.2) is 0 Å². The maximum atomic E-state index is 3.70. The van der Waals surface area contributed by atoms with Crippen LogP contribution in [0.3, 0.4) is 0 Å². The Labute approximate surface area is 101 Å². The van der Waals surface area contributed by atoms with Gasteiger partial charge in [-0.15, -0.1) is 0 Å². The van der Waals surface area contributed by atoms with Crippen LogP contribution in [0.1, 0.15) is 47.0 Å². The Bertz CT molecular complexity index is 231. The lowest BCUT2D eigenvalue weighted by Gasteiger charge is -2.45. The van der Waals surface area contributed by atoms with E-state index in [4.69, 9.17) is 0 Å². The molecule has 1 N–H and O–H groups in total. The van der Waals surface area contributed by atoms with E-state index in [1.165, 1.54) is 38.9 Å². The molecule has 1 unspecified atom stereocenters. The molecule has 94 valence electrons. The second kappa shape index (κ2) is 4.66. The summed E-state index contributed by atoms with van der Waals surface area (Å²) in [5.74, 6) is 1.83. The van der Waals surface area contributed by atoms with Gasteiger partial charge in [0.25, 0.3) is 0 Å². The lowest BCUT2D eigenvalue weighted by atomic mass is 9.94. The largest absolute Gasteiger partial charge is 0.309 e. The monoisotopic (exact) mass is 224 g/mol. The zero-order valence-electron chi connectivity index (χ0n) is 11.4. The average Bonchev–Trinajstić information content (AvgIpc) is 2.92. The minimum atomic E-state index is 0.308. The second-order valence-electron chi connectivity index (χ2n) is 6.92. The lowest BCUT2D eigenvalue weighted by Crippen LogP contribution is -2.62. The molecule has 2 fully saturated rings. The minimum absolute atomic E-state index is 0.308. The molecule has 0 aromatic carbocycles. The van der Waals surface area contributed by atoms with E-state index < -0.39 is 0 Å². The SMILES string of the molecule is CC(C)CC1CNC(C)(C)CN1CC1CC1. The number of piperazine rings is 1. The van der Waals surface area contributed by atoms with Gasteiger partial charge in [0.2, 0.25) is 0 Å². The van der Waals surface area contributed by atoms with Crippen molar-refractivity contribution >= 4 is 0 Å². The lowest BCUT2D eigenvalue weighted by molar-refractivity contribution is 0.0784. The minimum Gasteiger partial charge on any atom is -0.309 e. The molecule has 2 heteroatoms. The molecule has 1 aliphatic carbocycles. The van der Waals surface area contributed by atoms with E-state index in [1.54, 1.807) is 0 Å². The number of hydrogen-bond donors (Lipinski definition) is 1. The highest BCUT2D eigenvalue weighted by atomic mass is 15.2. The maximum Gasteiger partial charge on any atom is 0.0252 e. The first-order valence-electron chi connectivity index (χ1n) is 6.95. The Kier molecular flexibility index (Phi) is 3.60. The number of rotatable bonds is 4. The summed E-state index contributed by atoms with van der Waals surface area (Å²) in [7, 11) is 0. The zero-order chi connectivity index (χ0) is 11.8. The van der Waals surface area contributed by atoms with Crippen LogP contribution in [0.4, 0.5) is 0 Å². The van der Waals surface area contributed by atoms with Crippen LogP contribution in [-0.4, -0.2) is 36.1 Å². The van der Waals surface area contributed by atoms with Gasteiger partial charge in [-0.05, 0) is 44.9 Å². The van der Waals surface area contributed by atoms with Crippen LogP contribution in [-0.2, 0) is 0 Å². The Morgan fingerprint density at radius 3 is 2.56 bits per heavy atom. The summed E-state index contributed by atoms with van der Waals surface area (Å²) in [5.41, 5.74) is 0.308.